The number of benzene rings is 1. The number of hydrogen-bond donors (Lipinski definition) is 2. The Hall–Kier alpha value is -2.07. The molecule has 0 spiro atoms. The summed E-state index contributed by atoms with van der Waals surface area (Å²) in [5, 5.41) is 13.1. The molecule has 112 valence electrons. The van der Waals surface area contributed by atoms with E-state index in [-0.39, 0.29) is 18.4 Å². The standard InChI is InChI=1S/C17H21NO3/c1-13(11-14-7-4-3-5-8-14)16(19)18-12-17(2,20)15-9-6-10-21-15/h3-10,13,20H,11-12H2,1-2H3,(H,18,19). The lowest BCUT2D eigenvalue weighted by Gasteiger charge is -2.22. The molecule has 4 nitrogen and oxygen atoms in total. The van der Waals surface area contributed by atoms with Crippen LogP contribution in [0.1, 0.15) is 25.2 Å². The van der Waals surface area contributed by atoms with Gasteiger partial charge in [-0.1, -0.05) is 37.3 Å². The van der Waals surface area contributed by atoms with Crippen LogP contribution in [0, 0.1) is 5.92 Å². The van der Waals surface area contributed by atoms with E-state index in [0.29, 0.717) is 12.2 Å². The van der Waals surface area contributed by atoms with Crippen LogP contribution < -0.4 is 5.32 Å². The Labute approximate surface area is 124 Å². The van der Waals surface area contributed by atoms with Crippen molar-refractivity contribution >= 4 is 5.91 Å². The molecular weight excluding hydrogens is 266 g/mol. The largest absolute Gasteiger partial charge is 0.466 e. The molecule has 0 aliphatic carbocycles. The van der Waals surface area contributed by atoms with Gasteiger partial charge in [0.2, 0.25) is 5.91 Å². The molecule has 2 unspecified atom stereocenters. The molecule has 1 heterocycles. The van der Waals surface area contributed by atoms with E-state index in [1.54, 1.807) is 19.1 Å². The summed E-state index contributed by atoms with van der Waals surface area (Å²) in [6, 6.07) is 13.3. The molecule has 1 aromatic carbocycles. The average molecular weight is 287 g/mol. The third-order valence-electron chi connectivity index (χ3n) is 3.49. The van der Waals surface area contributed by atoms with Gasteiger partial charge in [-0.25, -0.2) is 0 Å². The van der Waals surface area contributed by atoms with Crippen LogP contribution in [0.5, 0.6) is 0 Å². The predicted octanol–water partition coefficient (Wildman–Crippen LogP) is 2.48. The minimum Gasteiger partial charge on any atom is -0.466 e. The van der Waals surface area contributed by atoms with Gasteiger partial charge in [-0.3, -0.25) is 4.79 Å². The SMILES string of the molecule is CC(Cc1ccccc1)C(=O)NCC(C)(O)c1ccco1. The van der Waals surface area contributed by atoms with E-state index in [9.17, 15) is 9.90 Å². The molecule has 2 aromatic rings. The lowest BCUT2D eigenvalue weighted by atomic mass is 9.99. The van der Waals surface area contributed by atoms with Crippen molar-refractivity contribution < 1.29 is 14.3 Å². The molecule has 0 aliphatic heterocycles. The molecular formula is C17H21NO3. The maximum atomic E-state index is 12.1. The third-order valence-corrected chi connectivity index (χ3v) is 3.49. The Balaban J connectivity index is 1.87. The Bertz CT molecular complexity index is 561. The highest BCUT2D eigenvalue weighted by Gasteiger charge is 2.27. The van der Waals surface area contributed by atoms with E-state index in [0.717, 1.165) is 5.56 Å². The van der Waals surface area contributed by atoms with Gasteiger partial charge in [0.15, 0.2) is 0 Å². The van der Waals surface area contributed by atoms with Crippen LogP contribution in [0.2, 0.25) is 0 Å². The zero-order valence-corrected chi connectivity index (χ0v) is 12.4. The number of rotatable bonds is 6. The van der Waals surface area contributed by atoms with Crippen LogP contribution in [-0.2, 0) is 16.8 Å². The van der Waals surface area contributed by atoms with Crippen LogP contribution in [0.25, 0.3) is 0 Å². The van der Waals surface area contributed by atoms with Crippen molar-refractivity contribution in [3.63, 3.8) is 0 Å². The predicted molar refractivity (Wildman–Crippen MR) is 80.6 cm³/mol. The van der Waals surface area contributed by atoms with Crippen molar-refractivity contribution in [1.29, 1.82) is 0 Å². The van der Waals surface area contributed by atoms with Gasteiger partial charge in [0.25, 0.3) is 0 Å². The van der Waals surface area contributed by atoms with Crippen molar-refractivity contribution in [2.24, 2.45) is 5.92 Å². The van der Waals surface area contributed by atoms with Crippen LogP contribution in [0.3, 0.4) is 0 Å². The van der Waals surface area contributed by atoms with Crippen molar-refractivity contribution in [1.82, 2.24) is 5.32 Å². The summed E-state index contributed by atoms with van der Waals surface area (Å²) in [6.45, 7) is 3.62. The van der Waals surface area contributed by atoms with Gasteiger partial charge >= 0.3 is 0 Å². The average Bonchev–Trinajstić information content (AvgIpc) is 3.01. The number of hydrogen-bond acceptors (Lipinski definition) is 3. The van der Waals surface area contributed by atoms with Crippen molar-refractivity contribution in [3.8, 4) is 0 Å². The van der Waals surface area contributed by atoms with Crippen LogP contribution in [0.15, 0.2) is 53.1 Å². The lowest BCUT2D eigenvalue weighted by molar-refractivity contribution is -0.125. The van der Waals surface area contributed by atoms with Gasteiger partial charge < -0.3 is 14.8 Å². The molecule has 1 amide bonds. The first-order valence-corrected chi connectivity index (χ1v) is 7.07. The number of nitrogens with one attached hydrogen (secondary N) is 1. The molecule has 2 rings (SSSR count). The third kappa shape index (κ3) is 4.20. The maximum Gasteiger partial charge on any atom is 0.223 e. The summed E-state index contributed by atoms with van der Waals surface area (Å²) < 4.78 is 5.19. The van der Waals surface area contributed by atoms with Crippen molar-refractivity contribution in [2.75, 3.05) is 6.54 Å². The number of furan rings is 1. The molecule has 0 fully saturated rings. The maximum absolute atomic E-state index is 12.1. The number of aliphatic hydroxyl groups is 1. The van der Waals surface area contributed by atoms with Crippen LogP contribution in [-0.4, -0.2) is 17.6 Å². The Morgan fingerprint density at radius 3 is 2.62 bits per heavy atom. The number of carbonyl (C=O) groups is 1. The highest BCUT2D eigenvalue weighted by Crippen LogP contribution is 2.20. The first kappa shape index (κ1) is 15.3. The van der Waals surface area contributed by atoms with E-state index in [1.807, 2.05) is 37.3 Å². The Kier molecular flexibility index (Phi) is 4.81. The minimum atomic E-state index is -1.20. The molecule has 21 heavy (non-hydrogen) atoms. The van der Waals surface area contributed by atoms with E-state index in [2.05, 4.69) is 5.32 Å². The fraction of sp³-hybridized carbons (Fsp3) is 0.353. The molecule has 0 saturated carbocycles. The fourth-order valence-electron chi connectivity index (χ4n) is 2.17. The van der Waals surface area contributed by atoms with Gasteiger partial charge in [0.1, 0.15) is 11.4 Å². The van der Waals surface area contributed by atoms with Crippen molar-refractivity contribution in [3.05, 3.63) is 60.1 Å². The van der Waals surface area contributed by atoms with Crippen molar-refractivity contribution in [2.45, 2.75) is 25.9 Å². The second kappa shape index (κ2) is 6.59. The van der Waals surface area contributed by atoms with E-state index in [1.165, 1.54) is 6.26 Å². The summed E-state index contributed by atoms with van der Waals surface area (Å²) in [5.41, 5.74) is -0.0797. The van der Waals surface area contributed by atoms with Gasteiger partial charge in [-0.05, 0) is 31.0 Å². The van der Waals surface area contributed by atoms with Gasteiger partial charge in [0.05, 0.1) is 12.8 Å². The van der Waals surface area contributed by atoms with Crippen LogP contribution >= 0.6 is 0 Å². The van der Waals surface area contributed by atoms with E-state index in [4.69, 9.17) is 4.42 Å². The minimum absolute atomic E-state index is 0.0781. The summed E-state index contributed by atoms with van der Waals surface area (Å²) >= 11 is 0. The Morgan fingerprint density at radius 1 is 1.29 bits per heavy atom. The molecule has 1 aromatic heterocycles. The second-order valence-electron chi connectivity index (χ2n) is 5.56. The molecule has 0 saturated heterocycles. The monoisotopic (exact) mass is 287 g/mol. The normalized spacial score (nSPS) is 15.2. The Morgan fingerprint density at radius 2 is 2.00 bits per heavy atom. The molecule has 2 N–H and O–H groups in total. The quantitative estimate of drug-likeness (QED) is 0.858. The van der Waals surface area contributed by atoms with Crippen LogP contribution in [0.4, 0.5) is 0 Å². The topological polar surface area (TPSA) is 62.5 Å². The summed E-state index contributed by atoms with van der Waals surface area (Å²) in [7, 11) is 0. The van der Waals surface area contributed by atoms with Gasteiger partial charge in [-0.15, -0.1) is 0 Å². The summed E-state index contributed by atoms with van der Waals surface area (Å²) in [4.78, 5) is 12.1. The van der Waals surface area contributed by atoms with Gasteiger partial charge in [-0.2, -0.15) is 0 Å². The number of amides is 1. The highest BCUT2D eigenvalue weighted by molar-refractivity contribution is 5.78. The summed E-state index contributed by atoms with van der Waals surface area (Å²) in [6.07, 6.45) is 2.18. The smallest absolute Gasteiger partial charge is 0.223 e. The zero-order chi connectivity index (χ0) is 15.3. The second-order valence-corrected chi connectivity index (χ2v) is 5.56. The summed E-state index contributed by atoms with van der Waals surface area (Å²) in [5.74, 6) is 0.212. The molecule has 0 aliphatic rings. The molecule has 4 heteroatoms. The molecule has 0 radical (unpaired) electrons. The molecule has 2 atom stereocenters. The van der Waals surface area contributed by atoms with E-state index >= 15 is 0 Å². The first-order chi connectivity index (χ1) is 9.99. The number of carbonyl (C=O) groups excluding carboxylic acids is 1. The van der Waals surface area contributed by atoms with E-state index < -0.39 is 5.60 Å². The zero-order valence-electron chi connectivity index (χ0n) is 12.4. The lowest BCUT2D eigenvalue weighted by Crippen LogP contribution is -2.40. The first-order valence-electron chi connectivity index (χ1n) is 7.07. The molecule has 0 bridgehead atoms. The highest BCUT2D eigenvalue weighted by atomic mass is 16.4. The fourth-order valence-corrected chi connectivity index (χ4v) is 2.17. The van der Waals surface area contributed by atoms with Gasteiger partial charge in [0, 0.05) is 5.92 Å².